The molecule has 0 aliphatic heterocycles. The van der Waals surface area contributed by atoms with Crippen molar-refractivity contribution in [1.82, 2.24) is 0 Å². The van der Waals surface area contributed by atoms with Crippen molar-refractivity contribution in [2.45, 2.75) is 82.9 Å². The van der Waals surface area contributed by atoms with Gasteiger partial charge in [-0.25, -0.2) is 0 Å². The van der Waals surface area contributed by atoms with Crippen molar-refractivity contribution in [3.05, 3.63) is 35.9 Å². The van der Waals surface area contributed by atoms with Gasteiger partial charge in [-0.2, -0.15) is 0 Å². The second kappa shape index (κ2) is 12.3. The molecule has 114 valence electrons. The number of halogens is 1. The fourth-order valence-corrected chi connectivity index (χ4v) is 2.94. The number of alkyl halides is 1. The molecule has 1 heteroatoms. The summed E-state index contributed by atoms with van der Waals surface area (Å²) in [7, 11) is 0. The van der Waals surface area contributed by atoms with Gasteiger partial charge in [0.05, 0.1) is 5.38 Å². The van der Waals surface area contributed by atoms with Gasteiger partial charge in [0.2, 0.25) is 0 Å². The standard InChI is InChI=1S/C19H31Cl/c1-2-3-4-5-6-7-8-9-10-14-17-19(20)18-15-12-11-13-16-18/h11-13,15-16,19H,2-10,14,17H2,1H3. The Kier molecular flexibility index (Phi) is 10.8. The van der Waals surface area contributed by atoms with Crippen molar-refractivity contribution in [1.29, 1.82) is 0 Å². The number of hydrogen-bond acceptors (Lipinski definition) is 0. The van der Waals surface area contributed by atoms with Gasteiger partial charge in [-0.05, 0) is 12.0 Å². The molecule has 0 saturated carbocycles. The molecule has 1 unspecified atom stereocenters. The van der Waals surface area contributed by atoms with Gasteiger partial charge in [0.15, 0.2) is 0 Å². The zero-order valence-corrected chi connectivity index (χ0v) is 13.9. The fourth-order valence-electron chi connectivity index (χ4n) is 2.64. The Morgan fingerprint density at radius 1 is 0.750 bits per heavy atom. The topological polar surface area (TPSA) is 0 Å². The SMILES string of the molecule is CCCCCCCCCCCCC(Cl)c1ccccc1. The first kappa shape index (κ1) is 17.6. The van der Waals surface area contributed by atoms with E-state index in [1.54, 1.807) is 0 Å². The fraction of sp³-hybridized carbons (Fsp3) is 0.684. The predicted octanol–water partition coefficient (Wildman–Crippen LogP) is 7.28. The van der Waals surface area contributed by atoms with E-state index in [1.165, 1.54) is 69.8 Å². The minimum atomic E-state index is 0.199. The van der Waals surface area contributed by atoms with Crippen LogP contribution in [0.5, 0.6) is 0 Å². The second-order valence-corrected chi connectivity index (χ2v) is 6.38. The van der Waals surface area contributed by atoms with Crippen LogP contribution >= 0.6 is 11.6 Å². The van der Waals surface area contributed by atoms with E-state index >= 15 is 0 Å². The van der Waals surface area contributed by atoms with Crippen LogP contribution in [-0.2, 0) is 0 Å². The molecule has 0 nitrogen and oxygen atoms in total. The maximum atomic E-state index is 6.42. The molecule has 0 N–H and O–H groups in total. The van der Waals surface area contributed by atoms with Crippen molar-refractivity contribution >= 4 is 11.6 Å². The van der Waals surface area contributed by atoms with Crippen molar-refractivity contribution < 1.29 is 0 Å². The van der Waals surface area contributed by atoms with E-state index in [0.717, 1.165) is 6.42 Å². The van der Waals surface area contributed by atoms with E-state index in [-0.39, 0.29) is 5.38 Å². The Labute approximate surface area is 130 Å². The van der Waals surface area contributed by atoms with Crippen molar-refractivity contribution in [2.75, 3.05) is 0 Å². The Balaban J connectivity index is 1.90. The zero-order valence-electron chi connectivity index (χ0n) is 13.1. The first-order valence-corrected chi connectivity index (χ1v) is 8.97. The molecular weight excluding hydrogens is 264 g/mol. The summed E-state index contributed by atoms with van der Waals surface area (Å²) in [5, 5.41) is 0.199. The van der Waals surface area contributed by atoms with Crippen LogP contribution < -0.4 is 0 Å². The summed E-state index contributed by atoms with van der Waals surface area (Å²) < 4.78 is 0. The van der Waals surface area contributed by atoms with Crippen LogP contribution in [-0.4, -0.2) is 0 Å². The Hall–Kier alpha value is -0.490. The minimum Gasteiger partial charge on any atom is -0.118 e. The third kappa shape index (κ3) is 8.64. The quantitative estimate of drug-likeness (QED) is 0.281. The minimum absolute atomic E-state index is 0.199. The average molecular weight is 295 g/mol. The van der Waals surface area contributed by atoms with E-state index in [4.69, 9.17) is 11.6 Å². The molecule has 1 rings (SSSR count). The largest absolute Gasteiger partial charge is 0.118 e. The Bertz CT molecular complexity index is 307. The number of hydrogen-bond donors (Lipinski definition) is 0. The molecule has 20 heavy (non-hydrogen) atoms. The van der Waals surface area contributed by atoms with Gasteiger partial charge < -0.3 is 0 Å². The highest BCUT2D eigenvalue weighted by Gasteiger charge is 2.06. The normalized spacial score (nSPS) is 12.5. The molecule has 0 radical (unpaired) electrons. The average Bonchev–Trinajstić information content (AvgIpc) is 2.50. The predicted molar refractivity (Wildman–Crippen MR) is 91.5 cm³/mol. The molecule has 0 bridgehead atoms. The molecule has 0 saturated heterocycles. The summed E-state index contributed by atoms with van der Waals surface area (Å²) in [5.41, 5.74) is 1.27. The van der Waals surface area contributed by atoms with Crippen molar-refractivity contribution in [3.8, 4) is 0 Å². The third-order valence-corrected chi connectivity index (χ3v) is 4.44. The molecular formula is C19H31Cl. The smallest absolute Gasteiger partial charge is 0.0585 e. The molecule has 1 aromatic carbocycles. The zero-order chi connectivity index (χ0) is 14.5. The second-order valence-electron chi connectivity index (χ2n) is 5.85. The lowest BCUT2D eigenvalue weighted by molar-refractivity contribution is 0.547. The van der Waals surface area contributed by atoms with Gasteiger partial charge in [-0.3, -0.25) is 0 Å². The molecule has 0 heterocycles. The van der Waals surface area contributed by atoms with E-state index in [0.29, 0.717) is 0 Å². The van der Waals surface area contributed by atoms with Crippen LogP contribution in [0.4, 0.5) is 0 Å². The summed E-state index contributed by atoms with van der Waals surface area (Å²) in [6.45, 7) is 2.28. The lowest BCUT2D eigenvalue weighted by Crippen LogP contribution is -1.90. The summed E-state index contributed by atoms with van der Waals surface area (Å²) in [4.78, 5) is 0. The highest BCUT2D eigenvalue weighted by Crippen LogP contribution is 2.26. The van der Waals surface area contributed by atoms with Gasteiger partial charge >= 0.3 is 0 Å². The van der Waals surface area contributed by atoms with Gasteiger partial charge in [-0.1, -0.05) is 101 Å². The van der Waals surface area contributed by atoms with Crippen LogP contribution in [0.15, 0.2) is 30.3 Å². The highest BCUT2D eigenvalue weighted by molar-refractivity contribution is 6.20. The van der Waals surface area contributed by atoms with Gasteiger partial charge in [0, 0.05) is 0 Å². The third-order valence-electron chi connectivity index (χ3n) is 3.97. The summed E-state index contributed by atoms with van der Waals surface area (Å²) >= 11 is 6.42. The van der Waals surface area contributed by atoms with Gasteiger partial charge in [-0.15, -0.1) is 11.6 Å². The van der Waals surface area contributed by atoms with Crippen LogP contribution in [0.1, 0.15) is 88.5 Å². The molecule has 0 aliphatic carbocycles. The summed E-state index contributed by atoms with van der Waals surface area (Å²) in [6.07, 6.45) is 15.0. The highest BCUT2D eigenvalue weighted by atomic mass is 35.5. The molecule has 0 fully saturated rings. The van der Waals surface area contributed by atoms with E-state index in [9.17, 15) is 0 Å². The lowest BCUT2D eigenvalue weighted by atomic mass is 10.0. The van der Waals surface area contributed by atoms with Crippen LogP contribution in [0.25, 0.3) is 0 Å². The van der Waals surface area contributed by atoms with Gasteiger partial charge in [0.1, 0.15) is 0 Å². The van der Waals surface area contributed by atoms with E-state index in [1.807, 2.05) is 6.07 Å². The van der Waals surface area contributed by atoms with E-state index < -0.39 is 0 Å². The number of benzene rings is 1. The summed E-state index contributed by atoms with van der Waals surface area (Å²) in [5.74, 6) is 0. The number of unbranched alkanes of at least 4 members (excludes halogenated alkanes) is 9. The molecule has 0 amide bonds. The van der Waals surface area contributed by atoms with E-state index in [2.05, 4.69) is 31.2 Å². The maximum Gasteiger partial charge on any atom is 0.0585 e. The monoisotopic (exact) mass is 294 g/mol. The van der Waals surface area contributed by atoms with Crippen molar-refractivity contribution in [3.63, 3.8) is 0 Å². The molecule has 0 aliphatic rings. The number of rotatable bonds is 12. The molecule has 1 atom stereocenters. The Morgan fingerprint density at radius 3 is 1.80 bits per heavy atom. The van der Waals surface area contributed by atoms with Crippen LogP contribution in [0.3, 0.4) is 0 Å². The Morgan fingerprint density at radius 2 is 1.25 bits per heavy atom. The molecule has 1 aromatic rings. The molecule has 0 spiro atoms. The van der Waals surface area contributed by atoms with Crippen LogP contribution in [0.2, 0.25) is 0 Å². The first-order chi connectivity index (χ1) is 9.84. The van der Waals surface area contributed by atoms with Gasteiger partial charge in [0.25, 0.3) is 0 Å². The van der Waals surface area contributed by atoms with Crippen molar-refractivity contribution in [2.24, 2.45) is 0 Å². The first-order valence-electron chi connectivity index (χ1n) is 8.53. The maximum absolute atomic E-state index is 6.42. The lowest BCUT2D eigenvalue weighted by Gasteiger charge is -2.09. The molecule has 0 aromatic heterocycles. The van der Waals surface area contributed by atoms with Crippen LogP contribution in [0, 0.1) is 0 Å². The summed E-state index contributed by atoms with van der Waals surface area (Å²) in [6, 6.07) is 10.5.